The number of nitrogens with two attached hydrogens (primary N) is 1. The highest BCUT2D eigenvalue weighted by Gasteiger charge is 2.26. The Bertz CT molecular complexity index is 480. The second-order valence-corrected chi connectivity index (χ2v) is 6.38. The number of hydrogen-bond donors (Lipinski definition) is 1. The van der Waals surface area contributed by atoms with Gasteiger partial charge in [0.1, 0.15) is 0 Å². The van der Waals surface area contributed by atoms with E-state index in [-0.39, 0.29) is 5.91 Å². The number of anilines is 1. The minimum Gasteiger partial charge on any atom is -0.399 e. The molecule has 0 unspecified atom stereocenters. The molecule has 0 bridgehead atoms. The van der Waals surface area contributed by atoms with Crippen LogP contribution in [-0.2, 0) is 0 Å². The molecule has 1 aliphatic rings. The van der Waals surface area contributed by atoms with Crippen molar-refractivity contribution in [2.24, 2.45) is 5.41 Å². The van der Waals surface area contributed by atoms with Crippen molar-refractivity contribution in [3.05, 3.63) is 29.3 Å². The van der Waals surface area contributed by atoms with Crippen molar-refractivity contribution in [1.82, 2.24) is 4.90 Å². The Balaban J connectivity index is 2.17. The van der Waals surface area contributed by atoms with E-state index in [0.717, 1.165) is 37.1 Å². The normalized spacial score (nSPS) is 19.0. The zero-order valence-corrected chi connectivity index (χ0v) is 12.2. The van der Waals surface area contributed by atoms with Gasteiger partial charge in [0.2, 0.25) is 0 Å². The Morgan fingerprint density at radius 2 is 2.00 bits per heavy atom. The highest BCUT2D eigenvalue weighted by molar-refractivity contribution is 5.96. The maximum Gasteiger partial charge on any atom is 0.254 e. The van der Waals surface area contributed by atoms with Crippen molar-refractivity contribution < 1.29 is 4.79 Å². The molecule has 0 atom stereocenters. The van der Waals surface area contributed by atoms with Crippen molar-refractivity contribution in [2.75, 3.05) is 18.8 Å². The number of carbonyl (C=O) groups is 1. The van der Waals surface area contributed by atoms with Crippen molar-refractivity contribution in [3.8, 4) is 0 Å². The van der Waals surface area contributed by atoms with Gasteiger partial charge in [0.05, 0.1) is 0 Å². The standard InChI is InChI=1S/C16H24N2O/c1-12-5-6-13(17)11-14(12)15(19)18-9-4-7-16(2,3)8-10-18/h5-6,11H,4,7-10,17H2,1-3H3. The van der Waals surface area contributed by atoms with E-state index >= 15 is 0 Å². The Morgan fingerprint density at radius 1 is 1.26 bits per heavy atom. The van der Waals surface area contributed by atoms with Crippen molar-refractivity contribution in [1.29, 1.82) is 0 Å². The zero-order valence-electron chi connectivity index (χ0n) is 12.2. The summed E-state index contributed by atoms with van der Waals surface area (Å²) in [6.45, 7) is 8.24. The van der Waals surface area contributed by atoms with Gasteiger partial charge in [0.15, 0.2) is 0 Å². The summed E-state index contributed by atoms with van der Waals surface area (Å²) in [6, 6.07) is 5.57. The predicted octanol–water partition coefficient (Wildman–Crippen LogP) is 3.23. The Labute approximate surface area is 115 Å². The van der Waals surface area contributed by atoms with E-state index < -0.39 is 0 Å². The third kappa shape index (κ3) is 3.28. The van der Waals surface area contributed by atoms with Gasteiger partial charge in [-0.1, -0.05) is 19.9 Å². The Kier molecular flexibility index (Phi) is 3.83. The number of hydrogen-bond acceptors (Lipinski definition) is 2. The average molecular weight is 260 g/mol. The fourth-order valence-corrected chi connectivity index (χ4v) is 2.67. The fraction of sp³-hybridized carbons (Fsp3) is 0.562. The highest BCUT2D eigenvalue weighted by atomic mass is 16.2. The van der Waals surface area contributed by atoms with Crippen LogP contribution in [0, 0.1) is 12.3 Å². The minimum absolute atomic E-state index is 0.127. The summed E-state index contributed by atoms with van der Waals surface area (Å²) >= 11 is 0. The van der Waals surface area contributed by atoms with E-state index in [4.69, 9.17) is 5.73 Å². The molecular weight excluding hydrogens is 236 g/mol. The molecule has 1 aromatic carbocycles. The first kappa shape index (κ1) is 13.9. The number of nitrogen functional groups attached to an aromatic ring is 1. The summed E-state index contributed by atoms with van der Waals surface area (Å²) in [5.74, 6) is 0.127. The topological polar surface area (TPSA) is 46.3 Å². The number of likely N-dealkylation sites (tertiary alicyclic amines) is 1. The predicted molar refractivity (Wildman–Crippen MR) is 79.1 cm³/mol. The lowest BCUT2D eigenvalue weighted by molar-refractivity contribution is 0.0756. The number of amides is 1. The lowest BCUT2D eigenvalue weighted by Crippen LogP contribution is -2.32. The van der Waals surface area contributed by atoms with E-state index in [1.165, 1.54) is 6.42 Å². The second kappa shape index (κ2) is 5.24. The molecule has 0 radical (unpaired) electrons. The summed E-state index contributed by atoms with van der Waals surface area (Å²) in [7, 11) is 0. The van der Waals surface area contributed by atoms with Crippen LogP contribution >= 0.6 is 0 Å². The molecule has 0 saturated carbocycles. The molecule has 1 aromatic rings. The third-order valence-corrected chi connectivity index (χ3v) is 4.12. The number of aryl methyl sites for hydroxylation is 1. The quantitative estimate of drug-likeness (QED) is 0.788. The summed E-state index contributed by atoms with van der Waals surface area (Å²) in [4.78, 5) is 14.6. The van der Waals surface area contributed by atoms with Gasteiger partial charge in [0, 0.05) is 24.3 Å². The molecule has 1 saturated heterocycles. The summed E-state index contributed by atoms with van der Waals surface area (Å²) in [5, 5.41) is 0. The van der Waals surface area contributed by atoms with Crippen molar-refractivity contribution in [3.63, 3.8) is 0 Å². The van der Waals surface area contributed by atoms with Crippen LogP contribution in [0.3, 0.4) is 0 Å². The molecule has 1 heterocycles. The van der Waals surface area contributed by atoms with Crippen LogP contribution in [0.5, 0.6) is 0 Å². The Morgan fingerprint density at radius 3 is 2.74 bits per heavy atom. The molecule has 1 aliphatic heterocycles. The number of nitrogens with zero attached hydrogens (tertiary/aromatic N) is 1. The van der Waals surface area contributed by atoms with Gasteiger partial charge in [-0.3, -0.25) is 4.79 Å². The van der Waals surface area contributed by atoms with Gasteiger partial charge in [-0.15, -0.1) is 0 Å². The molecule has 3 nitrogen and oxygen atoms in total. The summed E-state index contributed by atoms with van der Waals surface area (Å²) in [6.07, 6.45) is 3.34. The molecular formula is C16H24N2O. The molecule has 104 valence electrons. The van der Waals surface area contributed by atoms with Crippen LogP contribution < -0.4 is 5.73 Å². The lowest BCUT2D eigenvalue weighted by Gasteiger charge is -2.24. The molecule has 2 rings (SSSR count). The fourth-order valence-electron chi connectivity index (χ4n) is 2.67. The maximum atomic E-state index is 12.6. The third-order valence-electron chi connectivity index (χ3n) is 4.12. The van der Waals surface area contributed by atoms with Crippen LogP contribution in [0.1, 0.15) is 49.0 Å². The van der Waals surface area contributed by atoms with E-state index in [1.807, 2.05) is 24.0 Å². The smallest absolute Gasteiger partial charge is 0.254 e. The Hall–Kier alpha value is -1.51. The van der Waals surface area contributed by atoms with Gasteiger partial charge in [-0.05, 0) is 49.3 Å². The van der Waals surface area contributed by atoms with Gasteiger partial charge in [0.25, 0.3) is 5.91 Å². The molecule has 0 aromatic heterocycles. The largest absolute Gasteiger partial charge is 0.399 e. The van der Waals surface area contributed by atoms with Gasteiger partial charge < -0.3 is 10.6 Å². The molecule has 19 heavy (non-hydrogen) atoms. The van der Waals surface area contributed by atoms with E-state index in [2.05, 4.69) is 13.8 Å². The molecule has 3 heteroatoms. The first-order valence-corrected chi connectivity index (χ1v) is 7.04. The minimum atomic E-state index is 0.127. The molecule has 0 spiro atoms. The number of carbonyl (C=O) groups excluding carboxylic acids is 1. The molecule has 0 aliphatic carbocycles. The van der Waals surface area contributed by atoms with Crippen LogP contribution in [0.2, 0.25) is 0 Å². The van der Waals surface area contributed by atoms with Crippen LogP contribution in [0.25, 0.3) is 0 Å². The zero-order chi connectivity index (χ0) is 14.0. The molecule has 1 fully saturated rings. The van der Waals surface area contributed by atoms with Crippen molar-refractivity contribution in [2.45, 2.75) is 40.0 Å². The highest BCUT2D eigenvalue weighted by Crippen LogP contribution is 2.30. The van der Waals surface area contributed by atoms with Crippen LogP contribution in [-0.4, -0.2) is 23.9 Å². The van der Waals surface area contributed by atoms with E-state index in [9.17, 15) is 4.79 Å². The first-order valence-electron chi connectivity index (χ1n) is 7.04. The van der Waals surface area contributed by atoms with Gasteiger partial charge >= 0.3 is 0 Å². The second-order valence-electron chi connectivity index (χ2n) is 6.38. The first-order chi connectivity index (χ1) is 8.89. The summed E-state index contributed by atoms with van der Waals surface area (Å²) in [5.41, 5.74) is 8.55. The monoisotopic (exact) mass is 260 g/mol. The average Bonchev–Trinajstić information content (AvgIpc) is 2.52. The lowest BCUT2D eigenvalue weighted by atomic mass is 9.85. The summed E-state index contributed by atoms with van der Waals surface area (Å²) < 4.78 is 0. The number of benzene rings is 1. The molecule has 2 N–H and O–H groups in total. The van der Waals surface area contributed by atoms with E-state index in [0.29, 0.717) is 11.1 Å². The maximum absolute atomic E-state index is 12.6. The van der Waals surface area contributed by atoms with Crippen LogP contribution in [0.4, 0.5) is 5.69 Å². The SMILES string of the molecule is Cc1ccc(N)cc1C(=O)N1CCCC(C)(C)CC1. The van der Waals surface area contributed by atoms with E-state index in [1.54, 1.807) is 6.07 Å². The molecule has 1 amide bonds. The van der Waals surface area contributed by atoms with Crippen molar-refractivity contribution >= 4 is 11.6 Å². The number of rotatable bonds is 1. The van der Waals surface area contributed by atoms with Gasteiger partial charge in [-0.25, -0.2) is 0 Å². The van der Waals surface area contributed by atoms with Crippen LogP contribution in [0.15, 0.2) is 18.2 Å². The van der Waals surface area contributed by atoms with Gasteiger partial charge in [-0.2, -0.15) is 0 Å².